The van der Waals surface area contributed by atoms with E-state index in [0.717, 1.165) is 0 Å². The molecule has 2 aromatic rings. The molecular formula is C13H19N5O2. The lowest BCUT2D eigenvalue weighted by atomic mass is 10.1. The van der Waals surface area contributed by atoms with Gasteiger partial charge in [-0.1, -0.05) is 6.07 Å². The largest absolute Gasteiger partial charge is 0.350 e. The fourth-order valence-electron chi connectivity index (χ4n) is 1.81. The van der Waals surface area contributed by atoms with Crippen LogP contribution >= 0.6 is 0 Å². The molecule has 0 aliphatic rings. The summed E-state index contributed by atoms with van der Waals surface area (Å²) in [5, 5.41) is 6.98. The van der Waals surface area contributed by atoms with Gasteiger partial charge >= 0.3 is 5.69 Å². The molecule has 108 valence electrons. The quantitative estimate of drug-likeness (QED) is 0.787. The van der Waals surface area contributed by atoms with Crippen molar-refractivity contribution in [1.29, 1.82) is 0 Å². The number of carbonyl (C=O) groups is 1. The molecule has 0 spiro atoms. The maximum absolute atomic E-state index is 12.0. The van der Waals surface area contributed by atoms with Crippen LogP contribution in [0, 0.1) is 0 Å². The molecule has 0 saturated heterocycles. The molecular weight excluding hydrogens is 258 g/mol. The molecule has 0 bridgehead atoms. The van der Waals surface area contributed by atoms with E-state index in [4.69, 9.17) is 5.73 Å². The van der Waals surface area contributed by atoms with Crippen LogP contribution in [-0.4, -0.2) is 32.2 Å². The van der Waals surface area contributed by atoms with E-state index in [9.17, 15) is 9.59 Å². The van der Waals surface area contributed by atoms with Crippen LogP contribution in [0.5, 0.6) is 0 Å². The molecule has 0 unspecified atom stereocenters. The van der Waals surface area contributed by atoms with Crippen molar-refractivity contribution in [3.8, 4) is 0 Å². The number of aromatic nitrogens is 3. The van der Waals surface area contributed by atoms with Crippen molar-refractivity contribution in [2.24, 2.45) is 5.73 Å². The summed E-state index contributed by atoms with van der Waals surface area (Å²) in [5.41, 5.74) is 5.43. The maximum Gasteiger partial charge on any atom is 0.350 e. The molecule has 20 heavy (non-hydrogen) atoms. The zero-order valence-corrected chi connectivity index (χ0v) is 11.7. The molecule has 0 atom stereocenters. The van der Waals surface area contributed by atoms with Gasteiger partial charge in [-0.25, -0.2) is 9.48 Å². The average Bonchev–Trinajstić information content (AvgIpc) is 2.73. The number of pyridine rings is 1. The van der Waals surface area contributed by atoms with E-state index < -0.39 is 5.54 Å². The lowest BCUT2D eigenvalue weighted by Crippen LogP contribution is -2.49. The molecule has 0 aliphatic carbocycles. The highest BCUT2D eigenvalue weighted by Crippen LogP contribution is 2.00. The Morgan fingerprint density at radius 1 is 1.45 bits per heavy atom. The summed E-state index contributed by atoms with van der Waals surface area (Å²) in [6.07, 6.45) is 1.84. The number of rotatable bonds is 5. The molecule has 2 rings (SSSR count). The number of fused-ring (bicyclic) bond motifs is 1. The molecule has 0 radical (unpaired) electrons. The van der Waals surface area contributed by atoms with Gasteiger partial charge in [-0.15, -0.1) is 5.10 Å². The van der Waals surface area contributed by atoms with Crippen LogP contribution in [0.2, 0.25) is 0 Å². The monoisotopic (exact) mass is 277 g/mol. The number of nitrogens with zero attached hydrogens (tertiary/aromatic N) is 3. The van der Waals surface area contributed by atoms with Crippen molar-refractivity contribution in [2.75, 3.05) is 6.54 Å². The Morgan fingerprint density at radius 3 is 2.85 bits per heavy atom. The summed E-state index contributed by atoms with van der Waals surface area (Å²) in [6.45, 7) is 4.30. The zero-order valence-electron chi connectivity index (χ0n) is 11.7. The van der Waals surface area contributed by atoms with Gasteiger partial charge in [0, 0.05) is 24.7 Å². The summed E-state index contributed by atoms with van der Waals surface area (Å²) in [6, 6.07) is 5.31. The summed E-state index contributed by atoms with van der Waals surface area (Å²) in [4.78, 5) is 23.8. The SMILES string of the molecule is CC(C)(CN)NC(=O)CCn1nc2ccccn2c1=O. The van der Waals surface area contributed by atoms with Gasteiger partial charge in [-0.05, 0) is 26.0 Å². The van der Waals surface area contributed by atoms with Crippen molar-refractivity contribution in [2.45, 2.75) is 32.4 Å². The Hall–Kier alpha value is -2.15. The van der Waals surface area contributed by atoms with Gasteiger partial charge < -0.3 is 11.1 Å². The normalized spacial score (nSPS) is 11.8. The molecule has 3 N–H and O–H groups in total. The van der Waals surface area contributed by atoms with Crippen molar-refractivity contribution in [3.63, 3.8) is 0 Å². The second-order valence-electron chi connectivity index (χ2n) is 5.32. The predicted molar refractivity (Wildman–Crippen MR) is 75.3 cm³/mol. The van der Waals surface area contributed by atoms with Gasteiger partial charge in [0.05, 0.1) is 6.54 Å². The molecule has 0 aliphatic heterocycles. The minimum atomic E-state index is -0.443. The summed E-state index contributed by atoms with van der Waals surface area (Å²) >= 11 is 0. The minimum Gasteiger partial charge on any atom is -0.350 e. The Kier molecular flexibility index (Phi) is 3.89. The fourth-order valence-corrected chi connectivity index (χ4v) is 1.81. The number of hydrogen-bond acceptors (Lipinski definition) is 4. The van der Waals surface area contributed by atoms with Gasteiger partial charge in [-0.3, -0.25) is 9.20 Å². The zero-order chi connectivity index (χ0) is 14.8. The molecule has 0 saturated carbocycles. The van der Waals surface area contributed by atoms with E-state index >= 15 is 0 Å². The predicted octanol–water partition coefficient (Wildman–Crippen LogP) is -0.260. The highest BCUT2D eigenvalue weighted by molar-refractivity contribution is 5.76. The van der Waals surface area contributed by atoms with Crippen LogP contribution in [0.15, 0.2) is 29.2 Å². The number of hydrogen-bond donors (Lipinski definition) is 2. The summed E-state index contributed by atoms with van der Waals surface area (Å²) in [7, 11) is 0. The first-order chi connectivity index (χ1) is 9.43. The lowest BCUT2D eigenvalue weighted by Gasteiger charge is -2.24. The number of nitrogens with two attached hydrogens (primary N) is 1. The van der Waals surface area contributed by atoms with E-state index in [-0.39, 0.29) is 24.6 Å². The molecule has 0 aromatic carbocycles. The molecule has 1 amide bonds. The second kappa shape index (κ2) is 5.46. The van der Waals surface area contributed by atoms with Gasteiger partial charge in [0.2, 0.25) is 5.91 Å². The topological polar surface area (TPSA) is 94.4 Å². The molecule has 2 aromatic heterocycles. The number of aryl methyl sites for hydroxylation is 1. The fraction of sp³-hybridized carbons (Fsp3) is 0.462. The van der Waals surface area contributed by atoms with Crippen LogP contribution < -0.4 is 16.7 Å². The van der Waals surface area contributed by atoms with E-state index in [1.165, 1.54) is 9.08 Å². The Labute approximate surface area is 116 Å². The van der Waals surface area contributed by atoms with Gasteiger partial charge in [0.15, 0.2) is 5.65 Å². The van der Waals surface area contributed by atoms with Crippen LogP contribution in [0.25, 0.3) is 5.65 Å². The highest BCUT2D eigenvalue weighted by atomic mass is 16.2. The third-order valence-corrected chi connectivity index (χ3v) is 3.03. The van der Waals surface area contributed by atoms with Crippen molar-refractivity contribution < 1.29 is 4.79 Å². The van der Waals surface area contributed by atoms with E-state index in [2.05, 4.69) is 10.4 Å². The minimum absolute atomic E-state index is 0.149. The summed E-state index contributed by atoms with van der Waals surface area (Å²) < 4.78 is 2.74. The van der Waals surface area contributed by atoms with Gasteiger partial charge in [0.1, 0.15) is 0 Å². The van der Waals surface area contributed by atoms with Crippen molar-refractivity contribution >= 4 is 11.6 Å². The smallest absolute Gasteiger partial charge is 0.350 e. The van der Waals surface area contributed by atoms with Crippen LogP contribution in [-0.2, 0) is 11.3 Å². The molecule has 7 nitrogen and oxygen atoms in total. The Morgan fingerprint density at radius 2 is 2.20 bits per heavy atom. The Balaban J connectivity index is 2.05. The van der Waals surface area contributed by atoms with E-state index in [1.807, 2.05) is 19.9 Å². The number of nitrogens with one attached hydrogen (secondary N) is 1. The van der Waals surface area contributed by atoms with Crippen LogP contribution in [0.4, 0.5) is 0 Å². The first-order valence-electron chi connectivity index (χ1n) is 6.48. The van der Waals surface area contributed by atoms with Gasteiger partial charge in [0.25, 0.3) is 0 Å². The highest BCUT2D eigenvalue weighted by Gasteiger charge is 2.18. The third-order valence-electron chi connectivity index (χ3n) is 3.03. The second-order valence-corrected chi connectivity index (χ2v) is 5.32. The van der Waals surface area contributed by atoms with Crippen LogP contribution in [0.1, 0.15) is 20.3 Å². The third kappa shape index (κ3) is 3.05. The number of amides is 1. The average molecular weight is 277 g/mol. The van der Waals surface area contributed by atoms with Crippen LogP contribution in [0.3, 0.4) is 0 Å². The summed E-state index contributed by atoms with van der Waals surface area (Å²) in [5.74, 6) is -0.149. The first-order valence-corrected chi connectivity index (χ1v) is 6.48. The number of carbonyl (C=O) groups excluding carboxylic acids is 1. The molecule has 7 heteroatoms. The first kappa shape index (κ1) is 14.3. The molecule has 0 fully saturated rings. The Bertz CT molecular complexity index is 671. The lowest BCUT2D eigenvalue weighted by molar-refractivity contribution is -0.122. The molecule has 2 heterocycles. The maximum atomic E-state index is 12.0. The van der Waals surface area contributed by atoms with Crippen molar-refractivity contribution in [1.82, 2.24) is 19.5 Å². The van der Waals surface area contributed by atoms with Gasteiger partial charge in [-0.2, -0.15) is 0 Å². The standard InChI is InChI=1S/C13H19N5O2/c1-13(2,9-14)15-11(19)6-8-18-12(20)17-7-4-3-5-10(17)16-18/h3-5,7H,6,8-9,14H2,1-2H3,(H,15,19). The van der Waals surface area contributed by atoms with E-state index in [0.29, 0.717) is 12.2 Å². The van der Waals surface area contributed by atoms with Crippen molar-refractivity contribution in [3.05, 3.63) is 34.9 Å². The van der Waals surface area contributed by atoms with E-state index in [1.54, 1.807) is 18.3 Å².